The van der Waals surface area contributed by atoms with Gasteiger partial charge >= 0.3 is 18.3 Å². The average molecular weight is 648 g/mol. The van der Waals surface area contributed by atoms with Gasteiger partial charge in [-0.2, -0.15) is 23.1 Å². The molecule has 2 unspecified atom stereocenters. The Bertz CT molecular complexity index is 1380. The largest absolute Gasteiger partial charge is 0.461 e. The molecule has 4 atom stereocenters. The summed E-state index contributed by atoms with van der Waals surface area (Å²) in [6.07, 6.45) is -3.61. The number of nitrogens with zero attached hydrogens (tertiary/aromatic N) is 5. The number of halogens is 6. The number of carbonyl (C=O) groups excluding carboxylic acids is 1. The van der Waals surface area contributed by atoms with Crippen molar-refractivity contribution in [2.45, 2.75) is 82.0 Å². The third-order valence-corrected chi connectivity index (χ3v) is 9.24. The summed E-state index contributed by atoms with van der Waals surface area (Å²) in [6.45, 7) is 7.00. The lowest BCUT2D eigenvalue weighted by molar-refractivity contribution is -0.138. The van der Waals surface area contributed by atoms with Gasteiger partial charge in [0, 0.05) is 31.4 Å². The molecule has 41 heavy (non-hydrogen) atoms. The zero-order valence-electron chi connectivity index (χ0n) is 22.9. The van der Waals surface area contributed by atoms with Gasteiger partial charge < -0.3 is 14.4 Å². The highest BCUT2D eigenvalue weighted by Gasteiger charge is 2.51. The third-order valence-electron chi connectivity index (χ3n) is 8.46. The summed E-state index contributed by atoms with van der Waals surface area (Å²) >= 11 is 2.77. The Morgan fingerprint density at radius 3 is 2.54 bits per heavy atom. The summed E-state index contributed by atoms with van der Waals surface area (Å²) in [6, 6.07) is 0.164. The molecule has 2 aromatic rings. The maximum Gasteiger partial charge on any atom is 0.417 e. The van der Waals surface area contributed by atoms with E-state index in [9.17, 15) is 22.4 Å². The Labute approximate surface area is 242 Å². The molecule has 8 nitrogen and oxygen atoms in total. The molecular formula is C27H31BrF5N5O3. The molecule has 5 saturated heterocycles. The number of carbonyl (C=O) groups is 1. The van der Waals surface area contributed by atoms with Crippen LogP contribution in [0.15, 0.2) is 10.5 Å². The normalized spacial score (nSPS) is 28.2. The minimum Gasteiger partial charge on any atom is -0.461 e. The van der Waals surface area contributed by atoms with Crippen LogP contribution in [0.25, 0.3) is 10.9 Å². The summed E-state index contributed by atoms with van der Waals surface area (Å²) in [5.41, 5.74) is -2.69. The number of hydrogen-bond donors (Lipinski definition) is 0. The number of benzene rings is 1. The SMILES string of the molecule is CC(C)(C)OC(=O)N1C2CC1CN(c1nc(OC[C@@]34CCCN3C[C@H](F)C4)nc3c(F)c(Br)c(C(F)(F)F)cc13)C2. The molecule has 0 spiro atoms. The number of rotatable bonds is 4. The Hall–Kier alpha value is -2.48. The zero-order valence-corrected chi connectivity index (χ0v) is 24.5. The Kier molecular flexibility index (Phi) is 6.83. The van der Waals surface area contributed by atoms with Crippen LogP contribution < -0.4 is 9.64 Å². The predicted molar refractivity (Wildman–Crippen MR) is 143 cm³/mol. The van der Waals surface area contributed by atoms with Crippen LogP contribution in [-0.2, 0) is 10.9 Å². The second-order valence-corrected chi connectivity index (χ2v) is 13.3. The number of ether oxygens (including phenoxy) is 2. The molecule has 5 aliphatic heterocycles. The van der Waals surface area contributed by atoms with Gasteiger partial charge in [-0.05, 0) is 68.6 Å². The predicted octanol–water partition coefficient (Wildman–Crippen LogP) is 5.70. The molecule has 0 saturated carbocycles. The first-order valence-electron chi connectivity index (χ1n) is 13.7. The van der Waals surface area contributed by atoms with Crippen molar-refractivity contribution in [3.63, 3.8) is 0 Å². The van der Waals surface area contributed by atoms with E-state index >= 15 is 4.39 Å². The van der Waals surface area contributed by atoms with Crippen LogP contribution >= 0.6 is 15.9 Å². The smallest absolute Gasteiger partial charge is 0.417 e. The highest BCUT2D eigenvalue weighted by atomic mass is 79.9. The van der Waals surface area contributed by atoms with Crippen LogP contribution in [-0.4, -0.2) is 88.0 Å². The van der Waals surface area contributed by atoms with E-state index in [1.165, 1.54) is 0 Å². The van der Waals surface area contributed by atoms with Crippen LogP contribution in [0.2, 0.25) is 0 Å². The highest BCUT2D eigenvalue weighted by Crippen LogP contribution is 2.44. The fourth-order valence-corrected chi connectivity index (χ4v) is 7.25. The molecule has 0 N–H and O–H groups in total. The van der Waals surface area contributed by atoms with Crippen LogP contribution in [0.3, 0.4) is 0 Å². The molecule has 14 heteroatoms. The van der Waals surface area contributed by atoms with Crippen LogP contribution in [0.5, 0.6) is 6.01 Å². The van der Waals surface area contributed by atoms with Crippen molar-refractivity contribution in [3.05, 3.63) is 21.9 Å². The molecule has 7 rings (SSSR count). The summed E-state index contributed by atoms with van der Waals surface area (Å²) in [5, 5.41) is -0.110. The minimum absolute atomic E-state index is 0.0828. The first-order valence-corrected chi connectivity index (χ1v) is 14.5. The van der Waals surface area contributed by atoms with Crippen LogP contribution in [0, 0.1) is 5.82 Å². The van der Waals surface area contributed by atoms with Crippen molar-refractivity contribution >= 4 is 38.7 Å². The van der Waals surface area contributed by atoms with Crippen molar-refractivity contribution in [1.82, 2.24) is 19.8 Å². The van der Waals surface area contributed by atoms with Crippen molar-refractivity contribution in [2.75, 3.05) is 37.7 Å². The number of amides is 1. The molecule has 0 aliphatic carbocycles. The minimum atomic E-state index is -4.83. The highest BCUT2D eigenvalue weighted by molar-refractivity contribution is 9.10. The van der Waals surface area contributed by atoms with Gasteiger partial charge in [0.2, 0.25) is 0 Å². The standard InChI is InChI=1S/C27H31BrF5N5O3/c1-25(2,3)41-24(39)38-15-7-16(38)12-36(11-15)22-17-8-18(27(31,32)33)19(28)20(30)21(17)34-23(35-22)40-13-26-5-4-6-37(26)10-14(29)9-26/h8,14-16H,4-7,9-13H2,1-3H3/t14-,15?,16?,26+/m1/s1. The molecule has 5 fully saturated rings. The molecule has 1 amide bonds. The van der Waals surface area contributed by atoms with Gasteiger partial charge in [-0.1, -0.05) is 0 Å². The number of hydrogen-bond acceptors (Lipinski definition) is 7. The lowest BCUT2D eigenvalue weighted by Crippen LogP contribution is -2.70. The van der Waals surface area contributed by atoms with Crippen molar-refractivity contribution in [3.8, 4) is 6.01 Å². The first-order chi connectivity index (χ1) is 19.1. The van der Waals surface area contributed by atoms with Gasteiger partial charge in [-0.25, -0.2) is 13.6 Å². The monoisotopic (exact) mass is 647 g/mol. The van der Waals surface area contributed by atoms with E-state index in [4.69, 9.17) is 9.47 Å². The maximum atomic E-state index is 15.5. The van der Waals surface area contributed by atoms with Gasteiger partial charge in [0.05, 0.1) is 27.7 Å². The lowest BCUT2D eigenvalue weighted by Gasteiger charge is -2.56. The second-order valence-electron chi connectivity index (χ2n) is 12.5. The second kappa shape index (κ2) is 9.78. The molecule has 0 radical (unpaired) electrons. The molecule has 1 aromatic heterocycles. The zero-order chi connectivity index (χ0) is 29.5. The Morgan fingerprint density at radius 2 is 1.88 bits per heavy atom. The number of alkyl halides is 4. The Morgan fingerprint density at radius 1 is 1.17 bits per heavy atom. The molecular weight excluding hydrogens is 617 g/mol. The van der Waals surface area contributed by atoms with Gasteiger partial charge in [0.15, 0.2) is 5.82 Å². The van der Waals surface area contributed by atoms with E-state index in [-0.39, 0.29) is 54.5 Å². The van der Waals surface area contributed by atoms with Crippen molar-refractivity contribution < 1.29 is 36.2 Å². The van der Waals surface area contributed by atoms with Gasteiger partial charge in [0.25, 0.3) is 0 Å². The van der Waals surface area contributed by atoms with Crippen LogP contribution in [0.1, 0.15) is 52.0 Å². The summed E-state index contributed by atoms with van der Waals surface area (Å²) in [7, 11) is 0. The number of anilines is 1. The summed E-state index contributed by atoms with van der Waals surface area (Å²) in [5.74, 6) is -1.08. The molecule has 224 valence electrons. The molecule has 2 bridgehead atoms. The number of aromatic nitrogens is 2. The quantitative estimate of drug-likeness (QED) is 0.394. The van der Waals surface area contributed by atoms with Crippen molar-refractivity contribution in [2.24, 2.45) is 0 Å². The molecule has 5 aliphatic rings. The summed E-state index contributed by atoms with van der Waals surface area (Å²) < 4.78 is 82.0. The Balaban J connectivity index is 1.35. The van der Waals surface area contributed by atoms with Crippen LogP contribution in [0.4, 0.5) is 32.6 Å². The number of piperazine rings is 1. The molecule has 1 aromatic carbocycles. The maximum absolute atomic E-state index is 15.5. The number of fused-ring (bicyclic) bond motifs is 4. The summed E-state index contributed by atoms with van der Waals surface area (Å²) in [4.78, 5) is 26.9. The first kappa shape index (κ1) is 28.6. The lowest BCUT2D eigenvalue weighted by atomic mass is 9.88. The number of piperidine rings is 1. The van der Waals surface area contributed by atoms with Gasteiger partial charge in [-0.15, -0.1) is 0 Å². The van der Waals surface area contributed by atoms with E-state index in [0.29, 0.717) is 19.4 Å². The van der Waals surface area contributed by atoms with E-state index in [1.807, 2.05) is 0 Å². The van der Waals surface area contributed by atoms with Crippen molar-refractivity contribution in [1.29, 1.82) is 0 Å². The topological polar surface area (TPSA) is 71.0 Å². The fourth-order valence-electron chi connectivity index (χ4n) is 6.72. The average Bonchev–Trinajstić information content (AvgIpc) is 3.38. The molecule has 6 heterocycles. The van der Waals surface area contributed by atoms with Gasteiger partial charge in [0.1, 0.15) is 29.7 Å². The fraction of sp³-hybridized carbons (Fsp3) is 0.667. The van der Waals surface area contributed by atoms with E-state index in [2.05, 4.69) is 30.8 Å². The van der Waals surface area contributed by atoms with E-state index in [1.54, 1.807) is 30.6 Å². The van der Waals surface area contributed by atoms with Gasteiger partial charge in [-0.3, -0.25) is 9.80 Å². The van der Waals surface area contributed by atoms with E-state index in [0.717, 1.165) is 25.5 Å². The van der Waals surface area contributed by atoms with E-state index < -0.39 is 45.4 Å². The third kappa shape index (κ3) is 5.08.